The summed E-state index contributed by atoms with van der Waals surface area (Å²) < 4.78 is 1.81. The van der Waals surface area contributed by atoms with Crippen molar-refractivity contribution < 1.29 is 9.90 Å². The number of hydrogen-bond acceptors (Lipinski definition) is 3. The maximum atomic E-state index is 11.0. The lowest BCUT2D eigenvalue weighted by molar-refractivity contribution is 0.0698. The van der Waals surface area contributed by atoms with Crippen LogP contribution in [-0.2, 0) is 6.54 Å². The van der Waals surface area contributed by atoms with Crippen molar-refractivity contribution >= 4 is 11.6 Å². The van der Waals surface area contributed by atoms with E-state index in [9.17, 15) is 4.79 Å². The molecule has 0 bridgehead atoms. The van der Waals surface area contributed by atoms with Crippen molar-refractivity contribution in [2.24, 2.45) is 0 Å². The summed E-state index contributed by atoms with van der Waals surface area (Å²) in [5.74, 6) is -0.951. The third-order valence-electron chi connectivity index (χ3n) is 2.32. The van der Waals surface area contributed by atoms with Gasteiger partial charge in [0.25, 0.3) is 0 Å². The summed E-state index contributed by atoms with van der Waals surface area (Å²) in [5.41, 5.74) is 1.70. The molecule has 84 valence electrons. The minimum absolute atomic E-state index is 0.229. The van der Waals surface area contributed by atoms with Crippen molar-refractivity contribution in [3.05, 3.63) is 35.8 Å². The van der Waals surface area contributed by atoms with E-state index in [1.165, 1.54) is 0 Å². The van der Waals surface area contributed by atoms with E-state index in [4.69, 9.17) is 5.11 Å². The number of carbonyl (C=O) groups is 1. The van der Waals surface area contributed by atoms with Gasteiger partial charge in [0.05, 0.1) is 11.9 Å². The lowest BCUT2D eigenvalue weighted by Crippen LogP contribution is -2.12. The van der Waals surface area contributed by atoms with Crippen molar-refractivity contribution in [3.8, 4) is 0 Å². The van der Waals surface area contributed by atoms with Gasteiger partial charge >= 0.3 is 5.97 Å². The monoisotopic (exact) mass is 219 g/mol. The SMILES string of the molecule is CN(C)Cc1cnc2c(C(=O)O)cccn12. The van der Waals surface area contributed by atoms with Gasteiger partial charge < -0.3 is 14.4 Å². The first-order valence-corrected chi connectivity index (χ1v) is 4.92. The van der Waals surface area contributed by atoms with Gasteiger partial charge in [-0.3, -0.25) is 0 Å². The zero-order valence-electron chi connectivity index (χ0n) is 9.21. The first-order chi connectivity index (χ1) is 7.59. The van der Waals surface area contributed by atoms with E-state index in [0.717, 1.165) is 12.2 Å². The number of nitrogens with zero attached hydrogens (tertiary/aromatic N) is 3. The van der Waals surface area contributed by atoms with Crippen LogP contribution >= 0.6 is 0 Å². The van der Waals surface area contributed by atoms with Gasteiger partial charge in [0, 0.05) is 12.7 Å². The van der Waals surface area contributed by atoms with Crippen molar-refractivity contribution in [3.63, 3.8) is 0 Å². The lowest BCUT2D eigenvalue weighted by atomic mass is 10.3. The minimum atomic E-state index is -0.951. The van der Waals surface area contributed by atoms with Crippen molar-refractivity contribution in [2.45, 2.75) is 6.54 Å². The second kappa shape index (κ2) is 3.94. The molecule has 0 aromatic carbocycles. The fourth-order valence-electron chi connectivity index (χ4n) is 1.67. The predicted molar refractivity (Wildman–Crippen MR) is 59.5 cm³/mol. The van der Waals surface area contributed by atoms with Crippen molar-refractivity contribution in [1.29, 1.82) is 0 Å². The molecule has 0 atom stereocenters. The van der Waals surface area contributed by atoms with Crippen LogP contribution in [0.3, 0.4) is 0 Å². The number of carboxylic acid groups (broad SMARTS) is 1. The van der Waals surface area contributed by atoms with Gasteiger partial charge in [-0.2, -0.15) is 0 Å². The van der Waals surface area contributed by atoms with Crippen LogP contribution in [0.4, 0.5) is 0 Å². The molecule has 0 saturated carbocycles. The molecule has 0 saturated heterocycles. The van der Waals surface area contributed by atoms with E-state index in [1.54, 1.807) is 18.3 Å². The Hall–Kier alpha value is -1.88. The fraction of sp³-hybridized carbons (Fsp3) is 0.273. The lowest BCUT2D eigenvalue weighted by Gasteiger charge is -2.08. The molecule has 0 fully saturated rings. The smallest absolute Gasteiger partial charge is 0.339 e. The third kappa shape index (κ3) is 1.77. The molecule has 5 heteroatoms. The Morgan fingerprint density at radius 3 is 2.94 bits per heavy atom. The molecule has 16 heavy (non-hydrogen) atoms. The molecule has 0 amide bonds. The van der Waals surface area contributed by atoms with Crippen LogP contribution in [0.1, 0.15) is 16.1 Å². The van der Waals surface area contributed by atoms with Crippen LogP contribution in [0.5, 0.6) is 0 Å². The number of hydrogen-bond donors (Lipinski definition) is 1. The van der Waals surface area contributed by atoms with E-state index in [-0.39, 0.29) is 5.56 Å². The molecule has 0 unspecified atom stereocenters. The highest BCUT2D eigenvalue weighted by molar-refractivity contribution is 5.94. The van der Waals surface area contributed by atoms with E-state index < -0.39 is 5.97 Å². The van der Waals surface area contributed by atoms with E-state index in [2.05, 4.69) is 4.98 Å². The Labute approximate surface area is 92.9 Å². The molecule has 0 aliphatic rings. The van der Waals surface area contributed by atoms with Crippen LogP contribution in [0.15, 0.2) is 24.5 Å². The molecule has 2 heterocycles. The number of aromatic carboxylic acids is 1. The predicted octanol–water partition coefficient (Wildman–Crippen LogP) is 1.09. The Balaban J connectivity index is 2.57. The Bertz CT molecular complexity index is 531. The summed E-state index contributed by atoms with van der Waals surface area (Å²) in [6.45, 7) is 0.726. The summed E-state index contributed by atoms with van der Waals surface area (Å²) in [6, 6.07) is 3.28. The highest BCUT2D eigenvalue weighted by atomic mass is 16.4. The Morgan fingerprint density at radius 2 is 2.31 bits per heavy atom. The number of imidazole rings is 1. The normalized spacial score (nSPS) is 11.2. The van der Waals surface area contributed by atoms with E-state index >= 15 is 0 Å². The average molecular weight is 219 g/mol. The van der Waals surface area contributed by atoms with Crippen LogP contribution in [0.25, 0.3) is 5.65 Å². The first kappa shape index (κ1) is 10.6. The van der Waals surface area contributed by atoms with Gasteiger partial charge in [0.15, 0.2) is 5.65 Å². The average Bonchev–Trinajstić information content (AvgIpc) is 2.60. The first-order valence-electron chi connectivity index (χ1n) is 4.92. The zero-order chi connectivity index (χ0) is 11.7. The number of pyridine rings is 1. The van der Waals surface area contributed by atoms with Gasteiger partial charge in [-0.15, -0.1) is 0 Å². The number of fused-ring (bicyclic) bond motifs is 1. The molecular formula is C11H13N3O2. The summed E-state index contributed by atoms with van der Waals surface area (Å²) >= 11 is 0. The number of aromatic nitrogens is 2. The maximum Gasteiger partial charge on any atom is 0.339 e. The second-order valence-electron chi connectivity index (χ2n) is 3.91. The molecule has 2 rings (SSSR count). The minimum Gasteiger partial charge on any atom is -0.478 e. The summed E-state index contributed by atoms with van der Waals surface area (Å²) in [5, 5.41) is 9.01. The Kier molecular flexibility index (Phi) is 2.62. The molecule has 2 aromatic heterocycles. The molecule has 0 aliphatic heterocycles. The van der Waals surface area contributed by atoms with Crippen LogP contribution in [-0.4, -0.2) is 39.5 Å². The molecule has 5 nitrogen and oxygen atoms in total. The fourth-order valence-corrected chi connectivity index (χ4v) is 1.67. The highest BCUT2D eigenvalue weighted by Crippen LogP contribution is 2.12. The van der Waals surface area contributed by atoms with Gasteiger partial charge in [0.2, 0.25) is 0 Å². The Morgan fingerprint density at radius 1 is 1.56 bits per heavy atom. The standard InChI is InChI=1S/C11H13N3O2/c1-13(2)7-8-6-12-10-9(11(15)16)4-3-5-14(8)10/h3-6H,7H2,1-2H3,(H,15,16). The quantitative estimate of drug-likeness (QED) is 0.839. The molecular weight excluding hydrogens is 206 g/mol. The summed E-state index contributed by atoms with van der Waals surface area (Å²) in [7, 11) is 3.92. The maximum absolute atomic E-state index is 11.0. The number of carboxylic acids is 1. The van der Waals surface area contributed by atoms with Crippen LogP contribution in [0.2, 0.25) is 0 Å². The van der Waals surface area contributed by atoms with Gasteiger partial charge in [-0.25, -0.2) is 9.78 Å². The van der Waals surface area contributed by atoms with Crippen molar-refractivity contribution in [2.75, 3.05) is 14.1 Å². The third-order valence-corrected chi connectivity index (χ3v) is 2.32. The zero-order valence-corrected chi connectivity index (χ0v) is 9.21. The molecule has 0 spiro atoms. The topological polar surface area (TPSA) is 57.8 Å². The van der Waals surface area contributed by atoms with E-state index in [0.29, 0.717) is 5.65 Å². The summed E-state index contributed by atoms with van der Waals surface area (Å²) in [4.78, 5) is 17.1. The van der Waals surface area contributed by atoms with Crippen LogP contribution in [0, 0.1) is 0 Å². The molecule has 0 aliphatic carbocycles. The van der Waals surface area contributed by atoms with E-state index in [1.807, 2.05) is 29.6 Å². The molecule has 1 N–H and O–H groups in total. The van der Waals surface area contributed by atoms with Crippen molar-refractivity contribution in [1.82, 2.24) is 14.3 Å². The second-order valence-corrected chi connectivity index (χ2v) is 3.91. The van der Waals surface area contributed by atoms with Gasteiger partial charge in [-0.05, 0) is 26.2 Å². The van der Waals surface area contributed by atoms with Gasteiger partial charge in [0.1, 0.15) is 5.56 Å². The number of rotatable bonds is 3. The van der Waals surface area contributed by atoms with Crippen LogP contribution < -0.4 is 0 Å². The molecule has 0 radical (unpaired) electrons. The summed E-state index contributed by atoms with van der Waals surface area (Å²) in [6.07, 6.45) is 3.54. The highest BCUT2D eigenvalue weighted by Gasteiger charge is 2.12. The van der Waals surface area contributed by atoms with Gasteiger partial charge in [-0.1, -0.05) is 0 Å². The molecule has 2 aromatic rings. The largest absolute Gasteiger partial charge is 0.478 e.